The summed E-state index contributed by atoms with van der Waals surface area (Å²) in [4.78, 5) is 0. The summed E-state index contributed by atoms with van der Waals surface area (Å²) in [7, 11) is 0. The van der Waals surface area contributed by atoms with Crippen LogP contribution >= 0.6 is 0 Å². The van der Waals surface area contributed by atoms with Gasteiger partial charge in [-0.3, -0.25) is 0 Å². The van der Waals surface area contributed by atoms with E-state index < -0.39 is 0 Å². The predicted molar refractivity (Wildman–Crippen MR) is 51.4 cm³/mol. The fourth-order valence-corrected chi connectivity index (χ4v) is 1.26. The lowest BCUT2D eigenvalue weighted by molar-refractivity contribution is 0.467. The van der Waals surface area contributed by atoms with Gasteiger partial charge in [0.05, 0.1) is 0 Å². The number of hydrogen-bond acceptors (Lipinski definition) is 1. The molecule has 0 aliphatic heterocycles. The summed E-state index contributed by atoms with van der Waals surface area (Å²) >= 11 is 0. The van der Waals surface area contributed by atoms with Gasteiger partial charge in [0, 0.05) is 0 Å². The second-order valence-corrected chi connectivity index (χ2v) is 2.90. The van der Waals surface area contributed by atoms with Crippen LogP contribution in [-0.2, 0) is 6.42 Å². The van der Waals surface area contributed by atoms with Crippen LogP contribution in [0.3, 0.4) is 0 Å². The summed E-state index contributed by atoms with van der Waals surface area (Å²) in [5.41, 5.74) is 2.19. The Morgan fingerprint density at radius 3 is 2.83 bits per heavy atom. The molecule has 0 aliphatic rings. The molecule has 1 nitrogen and oxygen atoms in total. The number of aromatic hydroxyl groups is 1. The van der Waals surface area contributed by atoms with Gasteiger partial charge in [0.25, 0.3) is 0 Å². The van der Waals surface area contributed by atoms with Gasteiger partial charge < -0.3 is 5.11 Å². The van der Waals surface area contributed by atoms with Crippen molar-refractivity contribution in [3.05, 3.63) is 42.0 Å². The highest BCUT2D eigenvalue weighted by Gasteiger charge is 2.01. The second-order valence-electron chi connectivity index (χ2n) is 2.90. The standard InChI is InChI=1S/C11H14O/c1-3-4-7-10-9(2)6-5-8-11(10)12/h3,5-6,8,12H,1,4,7H2,2H3. The molecule has 0 saturated heterocycles. The Morgan fingerprint density at radius 1 is 1.50 bits per heavy atom. The SMILES string of the molecule is C=CCCc1c(C)cccc1O. The molecule has 0 heterocycles. The first kappa shape index (κ1) is 8.85. The summed E-state index contributed by atoms with van der Waals surface area (Å²) in [6, 6.07) is 5.60. The molecule has 1 rings (SSSR count). The highest BCUT2D eigenvalue weighted by Crippen LogP contribution is 2.21. The van der Waals surface area contributed by atoms with Crippen molar-refractivity contribution >= 4 is 0 Å². The van der Waals surface area contributed by atoms with Gasteiger partial charge in [0.1, 0.15) is 5.75 Å². The molecule has 64 valence electrons. The number of phenols is 1. The maximum atomic E-state index is 9.48. The molecule has 0 amide bonds. The minimum Gasteiger partial charge on any atom is -0.508 e. The van der Waals surface area contributed by atoms with Gasteiger partial charge in [-0.15, -0.1) is 6.58 Å². The molecule has 0 fully saturated rings. The molecular weight excluding hydrogens is 148 g/mol. The molecule has 1 aromatic carbocycles. The molecule has 1 aromatic rings. The van der Waals surface area contributed by atoms with E-state index in [0.717, 1.165) is 24.0 Å². The van der Waals surface area contributed by atoms with E-state index in [9.17, 15) is 5.11 Å². The molecule has 1 N–H and O–H groups in total. The van der Waals surface area contributed by atoms with Crippen molar-refractivity contribution in [2.45, 2.75) is 19.8 Å². The zero-order valence-corrected chi connectivity index (χ0v) is 7.38. The Bertz CT molecular complexity index is 256. The van der Waals surface area contributed by atoms with Crippen molar-refractivity contribution in [1.82, 2.24) is 0 Å². The first-order valence-electron chi connectivity index (χ1n) is 4.14. The first-order valence-corrected chi connectivity index (χ1v) is 4.14. The lowest BCUT2D eigenvalue weighted by Gasteiger charge is -2.05. The zero-order valence-electron chi connectivity index (χ0n) is 7.38. The third kappa shape index (κ3) is 1.88. The fraction of sp³-hybridized carbons (Fsp3) is 0.273. The third-order valence-electron chi connectivity index (χ3n) is 1.98. The first-order chi connectivity index (χ1) is 5.75. The van der Waals surface area contributed by atoms with Crippen LogP contribution in [0.25, 0.3) is 0 Å². The minimum atomic E-state index is 0.400. The van der Waals surface area contributed by atoms with E-state index in [4.69, 9.17) is 0 Å². The Labute approximate surface area is 73.4 Å². The number of rotatable bonds is 3. The average molecular weight is 162 g/mol. The molecule has 0 radical (unpaired) electrons. The molecule has 0 atom stereocenters. The molecule has 0 spiro atoms. The smallest absolute Gasteiger partial charge is 0.119 e. The van der Waals surface area contributed by atoms with Crippen molar-refractivity contribution < 1.29 is 5.11 Å². The summed E-state index contributed by atoms with van der Waals surface area (Å²) in [6.45, 7) is 5.67. The molecule has 0 unspecified atom stereocenters. The number of allylic oxidation sites excluding steroid dienone is 1. The van der Waals surface area contributed by atoms with Crippen LogP contribution in [0.2, 0.25) is 0 Å². The maximum Gasteiger partial charge on any atom is 0.119 e. The van der Waals surface area contributed by atoms with Crippen molar-refractivity contribution in [2.24, 2.45) is 0 Å². The normalized spacial score (nSPS) is 9.75. The monoisotopic (exact) mass is 162 g/mol. The van der Waals surface area contributed by atoms with Crippen LogP contribution in [0, 0.1) is 6.92 Å². The van der Waals surface area contributed by atoms with Crippen molar-refractivity contribution in [1.29, 1.82) is 0 Å². The van der Waals surface area contributed by atoms with Crippen molar-refractivity contribution in [3.8, 4) is 5.75 Å². The Balaban J connectivity index is 2.88. The van der Waals surface area contributed by atoms with Gasteiger partial charge in [-0.25, -0.2) is 0 Å². The predicted octanol–water partition coefficient (Wildman–Crippen LogP) is 2.82. The quantitative estimate of drug-likeness (QED) is 0.677. The lowest BCUT2D eigenvalue weighted by atomic mass is 10.0. The number of benzene rings is 1. The molecule has 12 heavy (non-hydrogen) atoms. The summed E-state index contributed by atoms with van der Waals surface area (Å²) in [5, 5.41) is 9.48. The van der Waals surface area contributed by atoms with Gasteiger partial charge >= 0.3 is 0 Å². The molecule has 0 bridgehead atoms. The summed E-state index contributed by atoms with van der Waals surface area (Å²) in [5.74, 6) is 0.400. The molecular formula is C11H14O. The molecule has 0 aliphatic carbocycles. The maximum absolute atomic E-state index is 9.48. The summed E-state index contributed by atoms with van der Waals surface area (Å²) in [6.07, 6.45) is 3.66. The van der Waals surface area contributed by atoms with E-state index in [1.807, 2.05) is 25.1 Å². The lowest BCUT2D eigenvalue weighted by Crippen LogP contribution is -1.88. The number of phenolic OH excluding ortho intramolecular Hbond substituents is 1. The number of hydrogen-bond donors (Lipinski definition) is 1. The van der Waals surface area contributed by atoms with Crippen LogP contribution in [0.1, 0.15) is 17.5 Å². The largest absolute Gasteiger partial charge is 0.508 e. The van der Waals surface area contributed by atoms with Crippen molar-refractivity contribution in [2.75, 3.05) is 0 Å². The topological polar surface area (TPSA) is 20.2 Å². The molecule has 0 saturated carbocycles. The van der Waals surface area contributed by atoms with Crippen LogP contribution in [0.15, 0.2) is 30.9 Å². The summed E-state index contributed by atoms with van der Waals surface area (Å²) < 4.78 is 0. The highest BCUT2D eigenvalue weighted by atomic mass is 16.3. The molecule has 0 aromatic heterocycles. The zero-order chi connectivity index (χ0) is 8.97. The van der Waals surface area contributed by atoms with Crippen LogP contribution < -0.4 is 0 Å². The third-order valence-corrected chi connectivity index (χ3v) is 1.98. The Kier molecular flexibility index (Phi) is 2.92. The Hall–Kier alpha value is -1.24. The van der Waals surface area contributed by atoms with Gasteiger partial charge in [0.15, 0.2) is 0 Å². The molecule has 1 heteroatoms. The van der Waals surface area contributed by atoms with Crippen LogP contribution in [-0.4, -0.2) is 5.11 Å². The number of aryl methyl sites for hydroxylation is 1. The van der Waals surface area contributed by atoms with Gasteiger partial charge in [-0.1, -0.05) is 18.2 Å². The van der Waals surface area contributed by atoms with E-state index in [-0.39, 0.29) is 0 Å². The van der Waals surface area contributed by atoms with E-state index >= 15 is 0 Å². The van der Waals surface area contributed by atoms with Crippen LogP contribution in [0.5, 0.6) is 5.75 Å². The van der Waals surface area contributed by atoms with E-state index in [1.165, 1.54) is 0 Å². The van der Waals surface area contributed by atoms with Gasteiger partial charge in [-0.05, 0) is 37.0 Å². The Morgan fingerprint density at radius 2 is 2.25 bits per heavy atom. The van der Waals surface area contributed by atoms with Gasteiger partial charge in [0.2, 0.25) is 0 Å². The van der Waals surface area contributed by atoms with Crippen molar-refractivity contribution in [3.63, 3.8) is 0 Å². The average Bonchev–Trinajstić information content (AvgIpc) is 2.04. The van der Waals surface area contributed by atoms with E-state index in [2.05, 4.69) is 6.58 Å². The van der Waals surface area contributed by atoms with E-state index in [1.54, 1.807) is 6.07 Å². The highest BCUT2D eigenvalue weighted by molar-refractivity contribution is 5.38. The van der Waals surface area contributed by atoms with E-state index in [0.29, 0.717) is 5.75 Å². The van der Waals surface area contributed by atoms with Crippen LogP contribution in [0.4, 0.5) is 0 Å². The minimum absolute atomic E-state index is 0.400. The van der Waals surface area contributed by atoms with Gasteiger partial charge in [-0.2, -0.15) is 0 Å². The fourth-order valence-electron chi connectivity index (χ4n) is 1.26. The second kappa shape index (κ2) is 3.96.